The van der Waals surface area contributed by atoms with Gasteiger partial charge in [-0.3, -0.25) is 0 Å². The SMILES string of the molecule is CCCCCCCC[P+](CC)(CCCCCCCC)CCCCCCCC.N#CNC#N. The minimum Gasteiger partial charge on any atom is -0.229 e. The van der Waals surface area contributed by atoms with Crippen LogP contribution in [-0.4, -0.2) is 24.6 Å². The molecule has 0 aliphatic heterocycles. The first-order valence-corrected chi connectivity index (χ1v) is 16.6. The zero-order valence-corrected chi connectivity index (χ0v) is 23.3. The van der Waals surface area contributed by atoms with Gasteiger partial charge in [0.25, 0.3) is 0 Å². The van der Waals surface area contributed by atoms with E-state index in [1.807, 2.05) is 0 Å². The molecule has 0 saturated heterocycles. The maximum Gasteiger partial charge on any atom is 0.190 e. The molecule has 0 atom stereocenters. The summed E-state index contributed by atoms with van der Waals surface area (Å²) >= 11 is 0. The molecule has 0 saturated carbocycles. The molecular weight excluding hydrogens is 409 g/mol. The standard InChI is InChI=1S/C26H56P.C2HN3/c1-5-9-12-15-18-21-24-27(8-4,25-22-19-16-13-10-6-2)26-23-20-17-14-11-7-3;3-1-5-2-4/h5-26H2,1-4H3;5H/q+1;. The molecule has 3 nitrogen and oxygen atoms in total. The van der Waals surface area contributed by atoms with Gasteiger partial charge in [0, 0.05) is 7.26 Å². The van der Waals surface area contributed by atoms with Crippen molar-refractivity contribution in [3.8, 4) is 12.4 Å². The second kappa shape index (κ2) is 28.2. The highest BCUT2D eigenvalue weighted by Gasteiger charge is 2.33. The number of hydrogen-bond donors (Lipinski definition) is 1. The van der Waals surface area contributed by atoms with E-state index in [-0.39, 0.29) is 0 Å². The molecule has 0 rings (SSSR count). The normalized spacial score (nSPS) is 10.7. The molecule has 188 valence electrons. The Kier molecular flexibility index (Phi) is 29.5. The lowest BCUT2D eigenvalue weighted by atomic mass is 10.1. The van der Waals surface area contributed by atoms with Crippen molar-refractivity contribution in [2.75, 3.05) is 24.6 Å². The summed E-state index contributed by atoms with van der Waals surface area (Å²) in [5, 5.41) is 16.7. The Hall–Kier alpha value is -0.790. The van der Waals surface area contributed by atoms with Gasteiger partial charge in [-0.05, 0) is 45.4 Å². The van der Waals surface area contributed by atoms with Crippen LogP contribution in [0, 0.1) is 22.9 Å². The van der Waals surface area contributed by atoms with Crippen LogP contribution in [0.1, 0.15) is 143 Å². The van der Waals surface area contributed by atoms with Gasteiger partial charge in [0.05, 0.1) is 24.6 Å². The zero-order valence-electron chi connectivity index (χ0n) is 22.4. The number of rotatable bonds is 22. The van der Waals surface area contributed by atoms with Gasteiger partial charge in [-0.2, -0.15) is 10.5 Å². The lowest BCUT2D eigenvalue weighted by molar-refractivity contribution is 0.615. The molecule has 0 aromatic heterocycles. The third kappa shape index (κ3) is 23.9. The largest absolute Gasteiger partial charge is 0.229 e. The van der Waals surface area contributed by atoms with E-state index in [1.54, 1.807) is 23.8 Å². The molecule has 0 aromatic carbocycles. The molecule has 0 bridgehead atoms. The monoisotopic (exact) mass is 466 g/mol. The fourth-order valence-corrected chi connectivity index (χ4v) is 8.82. The molecular formula is C28H57N3P+. The average molecular weight is 467 g/mol. The van der Waals surface area contributed by atoms with Crippen LogP contribution < -0.4 is 5.32 Å². The number of nitriles is 2. The van der Waals surface area contributed by atoms with E-state index < -0.39 is 7.26 Å². The minimum absolute atomic E-state index is 0.644. The van der Waals surface area contributed by atoms with Crippen molar-refractivity contribution in [1.82, 2.24) is 5.32 Å². The van der Waals surface area contributed by atoms with Crippen LogP contribution in [0.4, 0.5) is 0 Å². The molecule has 0 aromatic rings. The Morgan fingerprint density at radius 1 is 0.469 bits per heavy atom. The van der Waals surface area contributed by atoms with Crippen molar-refractivity contribution in [3.05, 3.63) is 0 Å². The van der Waals surface area contributed by atoms with Crippen LogP contribution >= 0.6 is 7.26 Å². The molecule has 1 N–H and O–H groups in total. The highest BCUT2D eigenvalue weighted by atomic mass is 31.2. The average Bonchev–Trinajstić information content (AvgIpc) is 2.81. The predicted octanol–water partition coefficient (Wildman–Crippen LogP) is 9.64. The van der Waals surface area contributed by atoms with E-state index in [9.17, 15) is 0 Å². The smallest absolute Gasteiger partial charge is 0.190 e. The minimum atomic E-state index is -0.644. The highest BCUT2D eigenvalue weighted by Crippen LogP contribution is 2.60. The van der Waals surface area contributed by atoms with Gasteiger partial charge < -0.3 is 0 Å². The summed E-state index contributed by atoms with van der Waals surface area (Å²) in [6, 6.07) is 0. The lowest BCUT2D eigenvalue weighted by Crippen LogP contribution is -2.11. The van der Waals surface area contributed by atoms with Crippen LogP contribution in [0.15, 0.2) is 0 Å². The molecule has 0 radical (unpaired) electrons. The summed E-state index contributed by atoms with van der Waals surface area (Å²) in [5.74, 6) is 0. The van der Waals surface area contributed by atoms with E-state index in [4.69, 9.17) is 10.5 Å². The van der Waals surface area contributed by atoms with Crippen LogP contribution in [0.5, 0.6) is 0 Å². The molecule has 4 heteroatoms. The van der Waals surface area contributed by atoms with Gasteiger partial charge in [-0.15, -0.1) is 0 Å². The van der Waals surface area contributed by atoms with Crippen molar-refractivity contribution >= 4 is 7.26 Å². The summed E-state index contributed by atoms with van der Waals surface area (Å²) in [6.45, 7) is 9.52. The first-order valence-electron chi connectivity index (χ1n) is 14.0. The van der Waals surface area contributed by atoms with Crippen molar-refractivity contribution in [2.45, 2.75) is 143 Å². The predicted molar refractivity (Wildman–Crippen MR) is 147 cm³/mol. The van der Waals surface area contributed by atoms with Crippen LogP contribution in [-0.2, 0) is 0 Å². The topological polar surface area (TPSA) is 59.6 Å². The summed E-state index contributed by atoms with van der Waals surface area (Å²) in [4.78, 5) is 0. The van der Waals surface area contributed by atoms with Gasteiger partial charge >= 0.3 is 0 Å². The Morgan fingerprint density at radius 2 is 0.750 bits per heavy atom. The molecule has 0 unspecified atom stereocenters. The molecule has 0 spiro atoms. The van der Waals surface area contributed by atoms with Gasteiger partial charge in [-0.1, -0.05) is 97.8 Å². The van der Waals surface area contributed by atoms with Crippen molar-refractivity contribution in [2.24, 2.45) is 0 Å². The Bertz CT molecular complexity index is 386. The number of nitrogens with one attached hydrogen (secondary N) is 1. The van der Waals surface area contributed by atoms with E-state index in [0.29, 0.717) is 0 Å². The van der Waals surface area contributed by atoms with Crippen LogP contribution in [0.3, 0.4) is 0 Å². The van der Waals surface area contributed by atoms with E-state index >= 15 is 0 Å². The molecule has 32 heavy (non-hydrogen) atoms. The molecule has 0 aliphatic rings. The molecule has 0 aliphatic carbocycles. The quantitative estimate of drug-likeness (QED) is 0.0747. The van der Waals surface area contributed by atoms with E-state index in [1.165, 1.54) is 134 Å². The van der Waals surface area contributed by atoms with Crippen molar-refractivity contribution in [1.29, 1.82) is 10.5 Å². The second-order valence-corrected chi connectivity index (χ2v) is 14.1. The second-order valence-electron chi connectivity index (χ2n) is 9.48. The van der Waals surface area contributed by atoms with Crippen LogP contribution in [0.25, 0.3) is 0 Å². The third-order valence-electron chi connectivity index (χ3n) is 6.74. The summed E-state index contributed by atoms with van der Waals surface area (Å²) < 4.78 is 0. The highest BCUT2D eigenvalue weighted by molar-refractivity contribution is 7.75. The third-order valence-corrected chi connectivity index (χ3v) is 11.9. The van der Waals surface area contributed by atoms with Crippen molar-refractivity contribution in [3.63, 3.8) is 0 Å². The maximum absolute atomic E-state index is 7.48. The summed E-state index contributed by atoms with van der Waals surface area (Å²) in [5.41, 5.74) is 0. The fraction of sp³-hybridized carbons (Fsp3) is 0.929. The van der Waals surface area contributed by atoms with Gasteiger partial charge in [-0.25, -0.2) is 5.32 Å². The van der Waals surface area contributed by atoms with Gasteiger partial charge in [0.15, 0.2) is 12.4 Å². The zero-order chi connectivity index (χ0) is 24.2. The Labute approximate surface area is 203 Å². The number of unbranched alkanes of at least 4 members (excludes halogenated alkanes) is 15. The van der Waals surface area contributed by atoms with E-state index in [0.717, 1.165) is 0 Å². The summed E-state index contributed by atoms with van der Waals surface area (Å²) in [6.07, 6.45) is 35.7. The van der Waals surface area contributed by atoms with E-state index in [2.05, 4.69) is 27.7 Å². The van der Waals surface area contributed by atoms with Gasteiger partial charge in [0.2, 0.25) is 0 Å². The Balaban J connectivity index is 0. The number of hydrogen-bond acceptors (Lipinski definition) is 3. The molecule has 0 amide bonds. The molecule has 0 fully saturated rings. The fourth-order valence-electron chi connectivity index (χ4n) is 4.52. The lowest BCUT2D eigenvalue weighted by Gasteiger charge is -2.27. The van der Waals surface area contributed by atoms with Gasteiger partial charge in [0.1, 0.15) is 0 Å². The summed E-state index contributed by atoms with van der Waals surface area (Å²) in [7, 11) is -0.644. The molecule has 0 heterocycles. The van der Waals surface area contributed by atoms with Crippen LogP contribution in [0.2, 0.25) is 0 Å². The maximum atomic E-state index is 7.48. The Morgan fingerprint density at radius 3 is 0.969 bits per heavy atom. The number of nitrogens with zero attached hydrogens (tertiary/aromatic N) is 2. The first-order chi connectivity index (χ1) is 15.7. The first kappa shape index (κ1) is 33.4. The van der Waals surface area contributed by atoms with Crippen molar-refractivity contribution < 1.29 is 0 Å².